The Labute approximate surface area is 208 Å². The third-order valence-corrected chi connectivity index (χ3v) is 7.32. The number of ether oxygens (including phenoxy) is 1. The highest BCUT2D eigenvalue weighted by atomic mass is 79.9. The number of aromatic hydroxyl groups is 1. The van der Waals surface area contributed by atoms with Gasteiger partial charge in [0.2, 0.25) is 0 Å². The number of halogens is 1. The minimum atomic E-state index is -0.413. The van der Waals surface area contributed by atoms with Gasteiger partial charge in [0.25, 0.3) is 0 Å². The van der Waals surface area contributed by atoms with E-state index in [9.17, 15) is 9.90 Å². The maximum atomic E-state index is 13.4. The second-order valence-corrected chi connectivity index (χ2v) is 9.71. The Morgan fingerprint density at radius 2 is 1.85 bits per heavy atom. The number of carbonyl (C=O) groups is 1. The Kier molecular flexibility index (Phi) is 7.22. The van der Waals surface area contributed by atoms with Crippen molar-refractivity contribution in [3.8, 4) is 5.75 Å². The number of likely N-dealkylation sites (tertiary alicyclic amines) is 1. The average Bonchev–Trinajstić information content (AvgIpc) is 3.42. The van der Waals surface area contributed by atoms with Gasteiger partial charge in [0.05, 0.1) is 32.7 Å². The quantitative estimate of drug-likeness (QED) is 0.232. The number of hydrogen-bond donors (Lipinski definition) is 1. The van der Waals surface area contributed by atoms with E-state index in [2.05, 4.69) is 25.4 Å². The Hall–Kier alpha value is -2.22. The topological polar surface area (TPSA) is 54.7 Å². The first-order chi connectivity index (χ1) is 15.9. The maximum Gasteiger partial charge on any atom is 0.341 e. The standard InChI is InChI=1S/C26H29BrN2O3S/c1-4-29-20-14-19(27)24(30)18(15-28-12-6-7-13-28)21(20)22(26(31)32-5-2)23(29)25(33)17-10-8-16(3)9-11-17/h8-11,14,30H,4-7,12-13,15H2,1-3H3. The van der Waals surface area contributed by atoms with Crippen molar-refractivity contribution in [2.45, 2.75) is 46.7 Å². The minimum Gasteiger partial charge on any atom is -0.506 e. The first kappa shape index (κ1) is 23.9. The van der Waals surface area contributed by atoms with Crippen molar-refractivity contribution < 1.29 is 14.6 Å². The van der Waals surface area contributed by atoms with E-state index < -0.39 is 5.97 Å². The maximum absolute atomic E-state index is 13.4. The van der Waals surface area contributed by atoms with Crippen LogP contribution in [0.2, 0.25) is 0 Å². The van der Waals surface area contributed by atoms with Crippen molar-refractivity contribution in [2.75, 3.05) is 19.7 Å². The molecule has 0 bridgehead atoms. The van der Waals surface area contributed by atoms with Crippen LogP contribution in [0.4, 0.5) is 0 Å². The molecule has 1 aliphatic heterocycles. The summed E-state index contributed by atoms with van der Waals surface area (Å²) in [4.78, 5) is 16.3. The highest BCUT2D eigenvalue weighted by Gasteiger charge is 2.31. The van der Waals surface area contributed by atoms with Gasteiger partial charge in [-0.05, 0) is 74.3 Å². The second-order valence-electron chi connectivity index (χ2n) is 8.45. The van der Waals surface area contributed by atoms with Crippen LogP contribution >= 0.6 is 28.1 Å². The molecule has 2 heterocycles. The van der Waals surface area contributed by atoms with Gasteiger partial charge in [-0.15, -0.1) is 0 Å². The fourth-order valence-corrected chi connectivity index (χ4v) is 5.47. The summed E-state index contributed by atoms with van der Waals surface area (Å²) in [6.07, 6.45) is 2.28. The summed E-state index contributed by atoms with van der Waals surface area (Å²) >= 11 is 9.50. The van der Waals surface area contributed by atoms with E-state index in [0.717, 1.165) is 53.5 Å². The lowest BCUT2D eigenvalue weighted by Gasteiger charge is -2.18. The Balaban J connectivity index is 2.03. The third kappa shape index (κ3) is 4.46. The molecule has 0 saturated carbocycles. The summed E-state index contributed by atoms with van der Waals surface area (Å²) in [5.74, 6) is -0.246. The van der Waals surface area contributed by atoms with E-state index in [1.54, 1.807) is 6.92 Å². The summed E-state index contributed by atoms with van der Waals surface area (Å²) in [6, 6.07) is 9.90. The number of esters is 1. The number of thiocarbonyl (C=S) groups is 1. The minimum absolute atomic E-state index is 0.168. The van der Waals surface area contributed by atoms with Crippen molar-refractivity contribution in [3.63, 3.8) is 0 Å². The number of fused-ring (bicyclic) bond motifs is 1. The molecule has 3 aromatic rings. The molecule has 2 aromatic carbocycles. The Morgan fingerprint density at radius 3 is 2.45 bits per heavy atom. The molecule has 33 heavy (non-hydrogen) atoms. The van der Waals surface area contributed by atoms with Crippen molar-refractivity contribution in [2.24, 2.45) is 0 Å². The number of carbonyl (C=O) groups excluding carboxylic acids is 1. The predicted octanol–water partition coefficient (Wildman–Crippen LogP) is 5.98. The summed E-state index contributed by atoms with van der Waals surface area (Å²) < 4.78 is 8.20. The van der Waals surface area contributed by atoms with Gasteiger partial charge in [-0.2, -0.15) is 0 Å². The van der Waals surface area contributed by atoms with E-state index in [4.69, 9.17) is 17.0 Å². The highest BCUT2D eigenvalue weighted by Crippen LogP contribution is 2.41. The van der Waals surface area contributed by atoms with Gasteiger partial charge in [-0.1, -0.05) is 42.0 Å². The number of phenolic OH excluding ortho intramolecular Hbond substituents is 1. The van der Waals surface area contributed by atoms with Crippen LogP contribution in [-0.2, 0) is 17.8 Å². The molecular formula is C26H29BrN2O3S. The van der Waals surface area contributed by atoms with Gasteiger partial charge >= 0.3 is 5.97 Å². The van der Waals surface area contributed by atoms with E-state index in [-0.39, 0.29) is 12.4 Å². The van der Waals surface area contributed by atoms with Crippen molar-refractivity contribution in [1.29, 1.82) is 0 Å². The highest BCUT2D eigenvalue weighted by molar-refractivity contribution is 9.10. The largest absolute Gasteiger partial charge is 0.506 e. The van der Waals surface area contributed by atoms with Crippen LogP contribution < -0.4 is 0 Å². The van der Waals surface area contributed by atoms with Crippen LogP contribution in [-0.4, -0.2) is 45.1 Å². The molecule has 5 nitrogen and oxygen atoms in total. The van der Waals surface area contributed by atoms with Crippen LogP contribution in [0.3, 0.4) is 0 Å². The molecule has 0 radical (unpaired) electrons. The van der Waals surface area contributed by atoms with Crippen LogP contribution in [0.5, 0.6) is 5.75 Å². The summed E-state index contributed by atoms with van der Waals surface area (Å²) in [5.41, 5.74) is 4.74. The number of benzene rings is 2. The molecule has 1 fully saturated rings. The molecular weight excluding hydrogens is 500 g/mol. The molecule has 174 valence electrons. The van der Waals surface area contributed by atoms with Gasteiger partial charge < -0.3 is 14.4 Å². The van der Waals surface area contributed by atoms with Crippen LogP contribution in [0.1, 0.15) is 59.4 Å². The smallest absolute Gasteiger partial charge is 0.341 e. The van der Waals surface area contributed by atoms with Gasteiger partial charge in [-0.25, -0.2) is 4.79 Å². The van der Waals surface area contributed by atoms with Gasteiger partial charge in [0.15, 0.2) is 0 Å². The molecule has 0 amide bonds. The first-order valence-corrected chi connectivity index (χ1v) is 12.6. The molecule has 0 spiro atoms. The Morgan fingerprint density at radius 1 is 1.18 bits per heavy atom. The number of aryl methyl sites for hydroxylation is 2. The molecule has 1 aromatic heterocycles. The zero-order chi connectivity index (χ0) is 23.7. The number of rotatable bonds is 7. The molecule has 4 rings (SSSR count). The monoisotopic (exact) mass is 528 g/mol. The van der Waals surface area contributed by atoms with Crippen molar-refractivity contribution in [1.82, 2.24) is 9.47 Å². The van der Waals surface area contributed by atoms with Gasteiger partial charge in [0, 0.05) is 24.0 Å². The predicted molar refractivity (Wildman–Crippen MR) is 139 cm³/mol. The molecule has 0 unspecified atom stereocenters. The Bertz CT molecular complexity index is 1210. The fourth-order valence-electron chi connectivity index (χ4n) is 4.67. The van der Waals surface area contributed by atoms with Crippen LogP contribution in [0.25, 0.3) is 10.9 Å². The number of phenols is 1. The average molecular weight is 530 g/mol. The normalized spacial score (nSPS) is 14.2. The van der Waals surface area contributed by atoms with E-state index >= 15 is 0 Å². The SMILES string of the molecule is CCOC(=O)c1c(C(=S)c2ccc(C)cc2)n(CC)c2cc(Br)c(O)c(CN3CCCC3)c12. The van der Waals surface area contributed by atoms with Crippen LogP contribution in [0, 0.1) is 6.92 Å². The summed E-state index contributed by atoms with van der Waals surface area (Å²) in [6.45, 7) is 9.28. The lowest BCUT2D eigenvalue weighted by molar-refractivity contribution is 0.0528. The van der Waals surface area contributed by atoms with E-state index in [0.29, 0.717) is 33.7 Å². The molecule has 1 N–H and O–H groups in total. The van der Waals surface area contributed by atoms with Crippen molar-refractivity contribution >= 4 is 49.9 Å². The molecule has 1 saturated heterocycles. The fraction of sp³-hybridized carbons (Fsp3) is 0.385. The van der Waals surface area contributed by atoms with Crippen LogP contribution in [0.15, 0.2) is 34.8 Å². The van der Waals surface area contributed by atoms with Gasteiger partial charge in [0.1, 0.15) is 5.75 Å². The number of aromatic nitrogens is 1. The zero-order valence-electron chi connectivity index (χ0n) is 19.3. The van der Waals surface area contributed by atoms with E-state index in [1.165, 1.54) is 0 Å². The molecule has 0 atom stereocenters. The zero-order valence-corrected chi connectivity index (χ0v) is 21.7. The molecule has 7 heteroatoms. The summed E-state index contributed by atoms with van der Waals surface area (Å²) in [5, 5.41) is 11.8. The summed E-state index contributed by atoms with van der Waals surface area (Å²) in [7, 11) is 0. The second kappa shape index (κ2) is 9.95. The third-order valence-electron chi connectivity index (χ3n) is 6.29. The first-order valence-electron chi connectivity index (χ1n) is 11.4. The number of nitrogens with zero attached hydrogens (tertiary/aromatic N) is 2. The molecule has 0 aliphatic carbocycles. The van der Waals surface area contributed by atoms with Gasteiger partial charge in [-0.3, -0.25) is 4.90 Å². The lowest BCUT2D eigenvalue weighted by atomic mass is 10.00. The molecule has 1 aliphatic rings. The van der Waals surface area contributed by atoms with Crippen molar-refractivity contribution in [3.05, 3.63) is 62.8 Å². The lowest BCUT2D eigenvalue weighted by Crippen LogP contribution is -2.19. The number of hydrogen-bond acceptors (Lipinski definition) is 5. The van der Waals surface area contributed by atoms with E-state index in [1.807, 2.05) is 44.2 Å².